The van der Waals surface area contributed by atoms with Crippen LogP contribution < -0.4 is 10.7 Å². The number of carbonyl (C=O) groups excluding carboxylic acids is 4. The number of Topliss-reactive ketones (excluding diaryl/α,β-unsaturated/α-hetero) is 1. The third-order valence-corrected chi connectivity index (χ3v) is 16.4. The van der Waals surface area contributed by atoms with Crippen LogP contribution in [0.15, 0.2) is 41.9 Å². The van der Waals surface area contributed by atoms with Crippen LogP contribution in [0.25, 0.3) is 33.4 Å². The Balaban J connectivity index is 1.000. The number of rotatable bonds is 10. The van der Waals surface area contributed by atoms with Gasteiger partial charge in [0.25, 0.3) is 5.91 Å². The lowest BCUT2D eigenvalue weighted by atomic mass is 9.76. The molecule has 1 spiro atoms. The Morgan fingerprint density at radius 3 is 2.59 bits per heavy atom. The molecule has 372 valence electrons. The van der Waals surface area contributed by atoms with Crippen LogP contribution >= 0.6 is 11.3 Å². The molecule has 16 heteroatoms. The van der Waals surface area contributed by atoms with Gasteiger partial charge in [-0.3, -0.25) is 24.4 Å². The number of nitrogens with one attached hydrogen (secondary N) is 2. The van der Waals surface area contributed by atoms with E-state index in [4.69, 9.17) is 24.2 Å². The molecule has 1 aliphatic carbocycles. The van der Waals surface area contributed by atoms with Gasteiger partial charge in [0.05, 0.1) is 53.9 Å². The third-order valence-electron chi connectivity index (χ3n) is 15.5. The number of amides is 4. The number of aromatic nitrogens is 3. The van der Waals surface area contributed by atoms with Crippen molar-refractivity contribution in [1.82, 2.24) is 40.1 Å². The average molecular weight is 965 g/mol. The van der Waals surface area contributed by atoms with Crippen molar-refractivity contribution in [3.05, 3.63) is 58.2 Å². The second kappa shape index (κ2) is 20.2. The van der Waals surface area contributed by atoms with Gasteiger partial charge in [0.15, 0.2) is 0 Å². The Kier molecular flexibility index (Phi) is 14.4. The zero-order chi connectivity index (χ0) is 48.8. The Labute approximate surface area is 411 Å². The van der Waals surface area contributed by atoms with Crippen molar-refractivity contribution in [2.45, 2.75) is 124 Å². The molecule has 5 aliphatic rings. The van der Waals surface area contributed by atoms with Crippen molar-refractivity contribution in [1.29, 1.82) is 0 Å². The second-order valence-corrected chi connectivity index (χ2v) is 22.6. The van der Waals surface area contributed by atoms with Crippen molar-refractivity contribution >= 4 is 45.9 Å². The molecule has 3 saturated heterocycles. The number of urea groups is 1. The van der Waals surface area contributed by atoms with Crippen LogP contribution in [0.1, 0.15) is 102 Å². The molecule has 0 radical (unpaired) electrons. The monoisotopic (exact) mass is 965 g/mol. The maximum absolute atomic E-state index is 14.7. The van der Waals surface area contributed by atoms with Gasteiger partial charge in [-0.05, 0) is 100.0 Å². The normalized spacial score (nSPS) is 23.8. The summed E-state index contributed by atoms with van der Waals surface area (Å²) in [6, 6.07) is 8.75. The fraction of sp³-hybridized carbons (Fsp3) is 0.623. The topological polar surface area (TPSA) is 160 Å². The van der Waals surface area contributed by atoms with Crippen molar-refractivity contribution < 1.29 is 33.4 Å². The molecular formula is C53H72N8O7S. The van der Waals surface area contributed by atoms with Crippen molar-refractivity contribution in [2.24, 2.45) is 28.6 Å². The minimum absolute atomic E-state index is 0.0151. The van der Waals surface area contributed by atoms with Gasteiger partial charge in [0.1, 0.15) is 17.9 Å². The maximum atomic E-state index is 14.7. The van der Waals surface area contributed by atoms with Crippen LogP contribution in [0.4, 0.5) is 4.79 Å². The molecule has 5 atom stereocenters. The highest BCUT2D eigenvalue weighted by atomic mass is 32.1. The van der Waals surface area contributed by atoms with E-state index in [0.29, 0.717) is 51.8 Å². The maximum Gasteiger partial charge on any atom is 0.320 e. The molecule has 4 aromatic rings. The summed E-state index contributed by atoms with van der Waals surface area (Å²) in [5.74, 6) is -0.500. The van der Waals surface area contributed by atoms with Crippen LogP contribution in [0.5, 0.6) is 0 Å². The summed E-state index contributed by atoms with van der Waals surface area (Å²) >= 11 is 1.48. The number of benzene rings is 1. The number of likely N-dealkylation sites (tertiary alicyclic amines) is 1. The van der Waals surface area contributed by atoms with E-state index >= 15 is 0 Å². The summed E-state index contributed by atoms with van der Waals surface area (Å²) in [6.07, 6.45) is 7.56. The van der Waals surface area contributed by atoms with Crippen LogP contribution in [0, 0.1) is 28.6 Å². The molecule has 1 aromatic carbocycles. The molecule has 7 heterocycles. The predicted molar refractivity (Wildman–Crippen MR) is 266 cm³/mol. The van der Waals surface area contributed by atoms with Crippen molar-refractivity contribution in [2.75, 3.05) is 60.2 Å². The molecule has 2 N–H and O–H groups in total. The largest absolute Gasteiger partial charge is 0.381 e. The Morgan fingerprint density at radius 1 is 1.07 bits per heavy atom. The SMILES string of the molecule is CCn1c(-c2cccnc2[C@H](C)OC)c2c3cc(ccc31)-c1csc(n1)C[C@H](NC(=O)[C@H](C(C)C)N(C)C(=O)N1CC3(CCC(C(=O)C4COC4)C3)C1)C(=O)N1CCCC(CCOCC(C)(C)C2)N1. The molecule has 4 fully saturated rings. The highest BCUT2D eigenvalue weighted by molar-refractivity contribution is 7.10. The fourth-order valence-corrected chi connectivity index (χ4v) is 12.6. The summed E-state index contributed by atoms with van der Waals surface area (Å²) in [5, 5.41) is 8.73. The molecule has 4 aliphatic heterocycles. The molecule has 3 aromatic heterocycles. The Hall–Kier alpha value is -4.74. The molecule has 15 nitrogen and oxygen atoms in total. The van der Waals surface area contributed by atoms with E-state index in [0.717, 1.165) is 95.6 Å². The van der Waals surface area contributed by atoms with Crippen molar-refractivity contribution in [3.8, 4) is 22.5 Å². The lowest BCUT2D eigenvalue weighted by Gasteiger charge is -2.50. The molecule has 4 amide bonds. The van der Waals surface area contributed by atoms with Crippen LogP contribution in [-0.2, 0) is 48.0 Å². The molecule has 6 bridgehead atoms. The molecule has 2 unspecified atom stereocenters. The summed E-state index contributed by atoms with van der Waals surface area (Å²) in [7, 11) is 3.41. The number of hydrogen-bond acceptors (Lipinski definition) is 11. The number of likely N-dealkylation sites (N-methyl/N-ethyl adjacent to an activating group) is 1. The number of ether oxygens (including phenoxy) is 3. The van der Waals surface area contributed by atoms with Crippen LogP contribution in [0.3, 0.4) is 0 Å². The number of aryl methyl sites for hydroxylation is 1. The van der Waals surface area contributed by atoms with E-state index in [1.165, 1.54) is 21.8 Å². The molecule has 1 saturated carbocycles. The number of hydrazine groups is 1. The fourth-order valence-electron chi connectivity index (χ4n) is 11.8. The van der Waals surface area contributed by atoms with Gasteiger partial charge in [-0.2, -0.15) is 0 Å². The Morgan fingerprint density at radius 2 is 1.87 bits per heavy atom. The number of pyridine rings is 1. The minimum atomic E-state index is -0.939. The van der Waals surface area contributed by atoms with E-state index in [9.17, 15) is 19.2 Å². The summed E-state index contributed by atoms with van der Waals surface area (Å²) < 4.78 is 20.0. The highest BCUT2D eigenvalue weighted by Gasteiger charge is 2.53. The van der Waals surface area contributed by atoms with E-state index in [-0.39, 0.29) is 65.0 Å². The van der Waals surface area contributed by atoms with E-state index < -0.39 is 12.1 Å². The van der Waals surface area contributed by atoms with Gasteiger partial charge < -0.3 is 33.9 Å². The Bertz CT molecular complexity index is 2540. The predicted octanol–water partition coefficient (Wildman–Crippen LogP) is 7.46. The van der Waals surface area contributed by atoms with Gasteiger partial charge >= 0.3 is 6.03 Å². The number of methoxy groups -OCH3 is 1. The second-order valence-electron chi connectivity index (χ2n) is 21.7. The lowest BCUT2D eigenvalue weighted by molar-refractivity contribution is -0.142. The first-order valence-electron chi connectivity index (χ1n) is 25.3. The van der Waals surface area contributed by atoms with Gasteiger partial charge in [0.2, 0.25) is 5.91 Å². The number of thiazole rings is 1. The summed E-state index contributed by atoms with van der Waals surface area (Å²) in [6.45, 7) is 17.1. The van der Waals surface area contributed by atoms with Gasteiger partial charge in [0, 0.05) is 104 Å². The standard InChI is InChI=1S/C53H72N8O7S/c1-9-60-43-15-14-34-22-39(43)40(47(60)38-13-10-19-54-45(38)33(4)66-8)25-52(5,6)31-67-21-17-37-12-11-20-61(57-37)50(64)41(23-44-55-42(34)28-69-44)56-49(63)46(32(2)3)58(7)51(65)59-29-53(30-59)18-16-35(24-53)48(62)36-26-68-27-36/h10,13-15,19,22,28,32-33,35-37,41,46,57H,9,11-12,16-18,20-21,23-27,29-31H2,1-8H3,(H,56,63)/t33-,35?,37?,41-,46-/m0/s1. The number of ketones is 1. The molecule has 69 heavy (non-hydrogen) atoms. The van der Waals surface area contributed by atoms with E-state index in [1.54, 1.807) is 19.2 Å². The zero-order valence-corrected chi connectivity index (χ0v) is 42.7. The van der Waals surface area contributed by atoms with Crippen LogP contribution in [-0.4, -0.2) is 131 Å². The van der Waals surface area contributed by atoms with Gasteiger partial charge in [-0.1, -0.05) is 33.8 Å². The first-order chi connectivity index (χ1) is 33.1. The quantitative estimate of drug-likeness (QED) is 0.163. The number of fused-ring (bicyclic) bond motifs is 6. The lowest BCUT2D eigenvalue weighted by Crippen LogP contribution is -2.64. The van der Waals surface area contributed by atoms with Gasteiger partial charge in [-0.15, -0.1) is 11.3 Å². The molecule has 9 rings (SSSR count). The third kappa shape index (κ3) is 9.98. The number of hydrogen-bond donors (Lipinski definition) is 2. The first-order valence-corrected chi connectivity index (χ1v) is 26.1. The van der Waals surface area contributed by atoms with E-state index in [2.05, 4.69) is 60.3 Å². The minimum Gasteiger partial charge on any atom is -0.381 e. The average Bonchev–Trinajstić information content (AvgIpc) is 4.04. The van der Waals surface area contributed by atoms with Crippen LogP contribution in [0.2, 0.25) is 0 Å². The van der Waals surface area contributed by atoms with Crippen molar-refractivity contribution in [3.63, 3.8) is 0 Å². The first kappa shape index (κ1) is 49.2. The smallest absolute Gasteiger partial charge is 0.320 e. The van der Waals surface area contributed by atoms with Gasteiger partial charge in [-0.25, -0.2) is 15.2 Å². The number of nitrogens with zero attached hydrogens (tertiary/aromatic N) is 6. The summed E-state index contributed by atoms with van der Waals surface area (Å²) in [4.78, 5) is 69.8. The zero-order valence-electron chi connectivity index (χ0n) is 41.8. The number of carbonyl (C=O) groups is 4. The molecular weight excluding hydrogens is 893 g/mol. The highest BCUT2D eigenvalue weighted by Crippen LogP contribution is 2.50. The van der Waals surface area contributed by atoms with E-state index in [1.807, 2.05) is 43.3 Å². The summed E-state index contributed by atoms with van der Waals surface area (Å²) in [5.41, 5.74) is 10.4.